The van der Waals surface area contributed by atoms with Gasteiger partial charge in [0.05, 0.1) is 5.69 Å². The van der Waals surface area contributed by atoms with Gasteiger partial charge in [0, 0.05) is 22.5 Å². The molecule has 260 valence electrons. The molecule has 0 saturated heterocycles. The normalized spacial score (nSPS) is 10.9. The quantitative estimate of drug-likeness (QED) is 0.145. The van der Waals surface area contributed by atoms with Gasteiger partial charge in [-0.15, -0.1) is 0 Å². The molecule has 0 bridgehead atoms. The number of hydrogen-bond acceptors (Lipinski definition) is 1. The highest BCUT2D eigenvalue weighted by Crippen LogP contribution is 2.53. The largest absolute Gasteiger partial charge is 0.310 e. The van der Waals surface area contributed by atoms with Crippen molar-refractivity contribution in [3.63, 3.8) is 0 Å². The zero-order valence-corrected chi connectivity index (χ0v) is 30.5. The van der Waals surface area contributed by atoms with Crippen LogP contribution in [0.2, 0.25) is 0 Å². The molecule has 9 rings (SSSR count). The van der Waals surface area contributed by atoms with Gasteiger partial charge in [0.25, 0.3) is 0 Å². The molecule has 0 unspecified atom stereocenters. The first kappa shape index (κ1) is 33.6. The van der Waals surface area contributed by atoms with Crippen LogP contribution in [0.15, 0.2) is 237 Å². The van der Waals surface area contributed by atoms with Crippen molar-refractivity contribution in [3.05, 3.63) is 237 Å². The molecular weight excluding hydrogens is 663 g/mol. The Balaban J connectivity index is 1.39. The maximum atomic E-state index is 2.44. The Morgan fingerprint density at radius 1 is 0.218 bits per heavy atom. The molecule has 0 amide bonds. The fourth-order valence-electron chi connectivity index (χ4n) is 7.68. The molecule has 9 aromatic carbocycles. The van der Waals surface area contributed by atoms with Crippen LogP contribution in [0, 0.1) is 0 Å². The van der Waals surface area contributed by atoms with Crippen molar-refractivity contribution in [2.75, 3.05) is 4.90 Å². The van der Waals surface area contributed by atoms with Crippen LogP contribution in [0.1, 0.15) is 0 Å². The van der Waals surface area contributed by atoms with Crippen LogP contribution in [0.25, 0.3) is 66.8 Å². The van der Waals surface area contributed by atoms with E-state index < -0.39 is 0 Å². The second-order valence-electron chi connectivity index (χ2n) is 13.7. The first-order valence-electron chi connectivity index (χ1n) is 18.9. The molecule has 0 fully saturated rings. The Bertz CT molecular complexity index is 2540. The zero-order chi connectivity index (χ0) is 36.8. The number of hydrogen-bond donors (Lipinski definition) is 0. The molecule has 0 aliphatic heterocycles. The third-order valence-corrected chi connectivity index (χ3v) is 10.3. The Morgan fingerprint density at radius 3 is 0.891 bits per heavy atom. The Morgan fingerprint density at radius 2 is 0.509 bits per heavy atom. The molecule has 0 aliphatic rings. The fourth-order valence-corrected chi connectivity index (χ4v) is 7.68. The molecule has 0 atom stereocenters. The molecular formula is C54H39N. The van der Waals surface area contributed by atoms with Gasteiger partial charge >= 0.3 is 0 Å². The first-order chi connectivity index (χ1) is 27.3. The van der Waals surface area contributed by atoms with Gasteiger partial charge in [0.1, 0.15) is 0 Å². The van der Waals surface area contributed by atoms with Gasteiger partial charge in [-0.25, -0.2) is 0 Å². The van der Waals surface area contributed by atoms with Gasteiger partial charge in [-0.2, -0.15) is 0 Å². The van der Waals surface area contributed by atoms with E-state index in [1.165, 1.54) is 50.1 Å². The minimum atomic E-state index is 1.08. The molecule has 55 heavy (non-hydrogen) atoms. The topological polar surface area (TPSA) is 3.24 Å². The van der Waals surface area contributed by atoms with Crippen molar-refractivity contribution in [2.24, 2.45) is 0 Å². The summed E-state index contributed by atoms with van der Waals surface area (Å²) in [6, 6.07) is 85.1. The molecule has 0 saturated carbocycles. The maximum absolute atomic E-state index is 2.44. The van der Waals surface area contributed by atoms with E-state index in [0.29, 0.717) is 0 Å². The van der Waals surface area contributed by atoms with E-state index in [0.717, 1.165) is 33.8 Å². The molecule has 1 nitrogen and oxygen atoms in total. The summed E-state index contributed by atoms with van der Waals surface area (Å²) in [4.78, 5) is 2.44. The molecule has 0 heterocycles. The van der Waals surface area contributed by atoms with Crippen molar-refractivity contribution < 1.29 is 0 Å². The van der Waals surface area contributed by atoms with Gasteiger partial charge in [0.2, 0.25) is 0 Å². The summed E-state index contributed by atoms with van der Waals surface area (Å²) < 4.78 is 0. The van der Waals surface area contributed by atoms with Gasteiger partial charge < -0.3 is 4.90 Å². The van der Waals surface area contributed by atoms with Crippen LogP contribution in [-0.4, -0.2) is 0 Å². The van der Waals surface area contributed by atoms with Gasteiger partial charge in [-0.05, 0) is 86.0 Å². The van der Waals surface area contributed by atoms with Crippen LogP contribution in [0.4, 0.5) is 17.1 Å². The van der Waals surface area contributed by atoms with Crippen molar-refractivity contribution in [1.82, 2.24) is 0 Å². The summed E-state index contributed by atoms with van der Waals surface area (Å²) in [6.07, 6.45) is 0. The standard InChI is InChI=1S/C54H39N/c1-7-19-40(20-8-1)42-31-35-48(36-32-42)55(49-37-33-43(34-38-49)41-21-9-2-10-22-41)51-39-50(44-23-11-3-12-24-44)52(45-25-13-4-14-26-45)54(47-29-17-6-18-30-47)53(51)46-27-15-5-16-28-46/h1-39H. The Kier molecular flexibility index (Phi) is 9.41. The van der Waals surface area contributed by atoms with E-state index in [1.807, 2.05) is 0 Å². The lowest BCUT2D eigenvalue weighted by Gasteiger charge is -2.32. The molecule has 0 N–H and O–H groups in total. The van der Waals surface area contributed by atoms with Gasteiger partial charge in [-0.3, -0.25) is 0 Å². The lowest BCUT2D eigenvalue weighted by atomic mass is 9.81. The highest BCUT2D eigenvalue weighted by atomic mass is 15.1. The molecule has 0 spiro atoms. The number of nitrogens with zero attached hydrogens (tertiary/aromatic N) is 1. The third-order valence-electron chi connectivity index (χ3n) is 10.3. The van der Waals surface area contributed by atoms with E-state index in [2.05, 4.69) is 241 Å². The van der Waals surface area contributed by atoms with E-state index in [1.54, 1.807) is 0 Å². The minimum Gasteiger partial charge on any atom is -0.310 e. The van der Waals surface area contributed by atoms with Crippen LogP contribution in [0.3, 0.4) is 0 Å². The second-order valence-corrected chi connectivity index (χ2v) is 13.7. The first-order valence-corrected chi connectivity index (χ1v) is 18.9. The summed E-state index contributed by atoms with van der Waals surface area (Å²) in [6.45, 7) is 0. The molecule has 9 aromatic rings. The van der Waals surface area contributed by atoms with E-state index >= 15 is 0 Å². The Hall–Kier alpha value is -7.22. The van der Waals surface area contributed by atoms with E-state index in [9.17, 15) is 0 Å². The summed E-state index contributed by atoms with van der Waals surface area (Å²) in [5.74, 6) is 0. The summed E-state index contributed by atoms with van der Waals surface area (Å²) in [5.41, 5.74) is 17.4. The highest BCUT2D eigenvalue weighted by Gasteiger charge is 2.27. The number of benzene rings is 9. The molecule has 0 radical (unpaired) electrons. The highest BCUT2D eigenvalue weighted by molar-refractivity contribution is 6.08. The van der Waals surface area contributed by atoms with E-state index in [4.69, 9.17) is 0 Å². The fraction of sp³-hybridized carbons (Fsp3) is 0. The third kappa shape index (κ3) is 6.88. The molecule has 0 aliphatic carbocycles. The number of rotatable bonds is 9. The van der Waals surface area contributed by atoms with E-state index in [-0.39, 0.29) is 0 Å². The molecule has 0 aromatic heterocycles. The SMILES string of the molecule is c1ccc(-c2ccc(N(c3ccc(-c4ccccc4)cc3)c3cc(-c4ccccc4)c(-c4ccccc4)c(-c4ccccc4)c3-c3ccccc3)cc2)cc1. The van der Waals surface area contributed by atoms with Crippen LogP contribution >= 0.6 is 0 Å². The Labute approximate surface area is 324 Å². The monoisotopic (exact) mass is 701 g/mol. The summed E-state index contributed by atoms with van der Waals surface area (Å²) >= 11 is 0. The molecule has 1 heteroatoms. The van der Waals surface area contributed by atoms with Gasteiger partial charge in [0.15, 0.2) is 0 Å². The minimum absolute atomic E-state index is 1.08. The van der Waals surface area contributed by atoms with Crippen LogP contribution < -0.4 is 4.90 Å². The zero-order valence-electron chi connectivity index (χ0n) is 30.5. The predicted octanol–water partition coefficient (Wildman–Crippen LogP) is 15.2. The summed E-state index contributed by atoms with van der Waals surface area (Å²) in [7, 11) is 0. The van der Waals surface area contributed by atoms with Crippen molar-refractivity contribution in [1.29, 1.82) is 0 Å². The van der Waals surface area contributed by atoms with Crippen molar-refractivity contribution >= 4 is 17.1 Å². The average Bonchev–Trinajstić information content (AvgIpc) is 3.28. The van der Waals surface area contributed by atoms with Crippen LogP contribution in [-0.2, 0) is 0 Å². The smallest absolute Gasteiger partial charge is 0.0552 e. The lowest BCUT2D eigenvalue weighted by molar-refractivity contribution is 1.28. The van der Waals surface area contributed by atoms with Gasteiger partial charge in [-0.1, -0.05) is 206 Å². The van der Waals surface area contributed by atoms with Crippen molar-refractivity contribution in [2.45, 2.75) is 0 Å². The lowest BCUT2D eigenvalue weighted by Crippen LogP contribution is -2.13. The number of anilines is 3. The maximum Gasteiger partial charge on any atom is 0.0552 e. The van der Waals surface area contributed by atoms with Crippen LogP contribution in [0.5, 0.6) is 0 Å². The predicted molar refractivity (Wildman–Crippen MR) is 234 cm³/mol. The summed E-state index contributed by atoms with van der Waals surface area (Å²) in [5, 5.41) is 0. The average molecular weight is 702 g/mol. The second kappa shape index (κ2) is 15.4. The van der Waals surface area contributed by atoms with Crippen molar-refractivity contribution in [3.8, 4) is 66.8 Å².